The van der Waals surface area contributed by atoms with Crippen molar-refractivity contribution in [2.24, 2.45) is 0 Å². The van der Waals surface area contributed by atoms with Crippen LogP contribution in [0.1, 0.15) is 6.92 Å². The van der Waals surface area contributed by atoms with Crippen molar-refractivity contribution in [2.45, 2.75) is 25.2 Å². The number of esters is 1. The van der Waals surface area contributed by atoms with Crippen LogP contribution in [-0.2, 0) is 9.53 Å². The van der Waals surface area contributed by atoms with Crippen LogP contribution in [0.3, 0.4) is 0 Å². The number of hydrogen-bond acceptors (Lipinski definition) is 2. The maximum atomic E-state index is 12.5. The third kappa shape index (κ3) is 4.11. The van der Waals surface area contributed by atoms with Crippen molar-refractivity contribution in [1.82, 2.24) is 0 Å². The van der Waals surface area contributed by atoms with Gasteiger partial charge in [-0.25, -0.2) is 9.18 Å². The van der Waals surface area contributed by atoms with E-state index in [1.54, 1.807) is 0 Å². The molecule has 0 amide bonds. The SMILES string of the molecule is C=C(C)C(=O)OCC(F)(F)[C@@H](F)C(F)(F)F. The van der Waals surface area contributed by atoms with Crippen LogP contribution in [0.15, 0.2) is 12.2 Å². The number of carbonyl (C=O) groups is 1. The molecule has 2 nitrogen and oxygen atoms in total. The first-order valence-corrected chi connectivity index (χ1v) is 3.89. The summed E-state index contributed by atoms with van der Waals surface area (Å²) in [6.45, 7) is 2.14. The standard InChI is InChI=1S/C8H8F6O2/c1-4(2)5(15)16-3-7(10,11)6(9)8(12,13)14/h6H,1,3H2,2H3/t6-/m1/s1. The molecule has 0 radical (unpaired) electrons. The van der Waals surface area contributed by atoms with Gasteiger partial charge in [0.15, 0.2) is 6.61 Å². The predicted octanol–water partition coefficient (Wildman–Crippen LogP) is 2.64. The van der Waals surface area contributed by atoms with Gasteiger partial charge in [-0.3, -0.25) is 0 Å². The number of carbonyl (C=O) groups excluding carboxylic acids is 1. The second-order valence-electron chi connectivity index (χ2n) is 3.02. The second-order valence-corrected chi connectivity index (χ2v) is 3.02. The van der Waals surface area contributed by atoms with Crippen molar-refractivity contribution < 1.29 is 35.9 Å². The van der Waals surface area contributed by atoms with Crippen molar-refractivity contribution in [2.75, 3.05) is 6.61 Å². The average molecular weight is 250 g/mol. The van der Waals surface area contributed by atoms with Crippen molar-refractivity contribution in [3.63, 3.8) is 0 Å². The molecule has 0 unspecified atom stereocenters. The summed E-state index contributed by atoms with van der Waals surface area (Å²) >= 11 is 0. The highest BCUT2D eigenvalue weighted by atomic mass is 19.4. The highest BCUT2D eigenvalue weighted by Gasteiger charge is 2.57. The Labute approximate surface area is 86.9 Å². The van der Waals surface area contributed by atoms with Crippen LogP contribution in [0.2, 0.25) is 0 Å². The largest absolute Gasteiger partial charge is 0.456 e. The lowest BCUT2D eigenvalue weighted by Crippen LogP contribution is -2.45. The van der Waals surface area contributed by atoms with Gasteiger partial charge in [0.05, 0.1) is 0 Å². The van der Waals surface area contributed by atoms with Gasteiger partial charge in [0.25, 0.3) is 6.17 Å². The molecule has 0 saturated heterocycles. The average Bonchev–Trinajstić information content (AvgIpc) is 2.11. The first kappa shape index (κ1) is 14.8. The molecule has 0 rings (SSSR count). The third-order valence-electron chi connectivity index (χ3n) is 1.40. The molecule has 8 heteroatoms. The van der Waals surface area contributed by atoms with E-state index >= 15 is 0 Å². The minimum Gasteiger partial charge on any atom is -0.456 e. The fraction of sp³-hybridized carbons (Fsp3) is 0.625. The zero-order valence-electron chi connectivity index (χ0n) is 8.08. The Morgan fingerprint density at radius 2 is 1.75 bits per heavy atom. The highest BCUT2D eigenvalue weighted by Crippen LogP contribution is 2.35. The summed E-state index contributed by atoms with van der Waals surface area (Å²) in [6, 6.07) is 0. The molecule has 0 bridgehead atoms. The van der Waals surface area contributed by atoms with E-state index < -0.39 is 30.8 Å². The van der Waals surface area contributed by atoms with Crippen LogP contribution in [0.5, 0.6) is 0 Å². The first-order chi connectivity index (χ1) is 6.98. The molecular formula is C8H8F6O2. The molecule has 0 fully saturated rings. The lowest BCUT2D eigenvalue weighted by atomic mass is 10.2. The summed E-state index contributed by atoms with van der Waals surface area (Å²) in [4.78, 5) is 10.6. The molecule has 0 N–H and O–H groups in total. The van der Waals surface area contributed by atoms with Crippen LogP contribution in [-0.4, -0.2) is 30.8 Å². The summed E-state index contributed by atoms with van der Waals surface area (Å²) in [5, 5.41) is 0. The van der Waals surface area contributed by atoms with Crippen LogP contribution in [0, 0.1) is 0 Å². The Kier molecular flexibility index (Phi) is 4.39. The van der Waals surface area contributed by atoms with E-state index in [-0.39, 0.29) is 5.57 Å². The lowest BCUT2D eigenvalue weighted by Gasteiger charge is -2.22. The molecule has 0 spiro atoms. The molecular weight excluding hydrogens is 242 g/mol. The monoisotopic (exact) mass is 250 g/mol. The van der Waals surface area contributed by atoms with Crippen molar-refractivity contribution in [3.05, 3.63) is 12.2 Å². The second kappa shape index (κ2) is 4.75. The van der Waals surface area contributed by atoms with Crippen molar-refractivity contribution >= 4 is 5.97 Å². The molecule has 1 atom stereocenters. The van der Waals surface area contributed by atoms with Gasteiger partial charge in [0.2, 0.25) is 0 Å². The molecule has 0 aromatic rings. The van der Waals surface area contributed by atoms with E-state index in [0.29, 0.717) is 0 Å². The summed E-state index contributed by atoms with van der Waals surface area (Å²) < 4.78 is 75.9. The van der Waals surface area contributed by atoms with E-state index in [1.807, 2.05) is 0 Å². The maximum Gasteiger partial charge on any atom is 0.425 e. The Morgan fingerprint density at radius 3 is 2.06 bits per heavy atom. The molecule has 0 aliphatic carbocycles. The Hall–Kier alpha value is -1.21. The van der Waals surface area contributed by atoms with Crippen LogP contribution in [0.25, 0.3) is 0 Å². The van der Waals surface area contributed by atoms with Gasteiger partial charge in [-0.05, 0) is 6.92 Å². The zero-order chi connectivity index (χ0) is 13.1. The summed E-state index contributed by atoms with van der Waals surface area (Å²) in [7, 11) is 0. The van der Waals surface area contributed by atoms with Gasteiger partial charge in [0, 0.05) is 5.57 Å². The van der Waals surface area contributed by atoms with Crippen LogP contribution >= 0.6 is 0 Å². The molecule has 0 aromatic heterocycles. The molecule has 0 aliphatic rings. The normalized spacial score (nSPS) is 14.4. The van der Waals surface area contributed by atoms with E-state index in [2.05, 4.69) is 11.3 Å². The van der Waals surface area contributed by atoms with Gasteiger partial charge < -0.3 is 4.74 Å². The smallest absolute Gasteiger partial charge is 0.425 e. The Morgan fingerprint density at radius 1 is 1.31 bits per heavy atom. The van der Waals surface area contributed by atoms with Gasteiger partial charge in [-0.1, -0.05) is 6.58 Å². The molecule has 0 aromatic carbocycles. The number of hydrogen-bond donors (Lipinski definition) is 0. The van der Waals surface area contributed by atoms with Crippen LogP contribution < -0.4 is 0 Å². The fourth-order valence-electron chi connectivity index (χ4n) is 0.598. The molecule has 0 saturated carbocycles. The fourth-order valence-corrected chi connectivity index (χ4v) is 0.598. The number of rotatable bonds is 4. The van der Waals surface area contributed by atoms with E-state index in [9.17, 15) is 31.1 Å². The Bertz CT molecular complexity index is 283. The summed E-state index contributed by atoms with van der Waals surface area (Å²) in [5.74, 6) is -6.13. The summed E-state index contributed by atoms with van der Waals surface area (Å²) in [5.41, 5.74) is -0.279. The van der Waals surface area contributed by atoms with Crippen LogP contribution in [0.4, 0.5) is 26.3 Å². The molecule has 16 heavy (non-hydrogen) atoms. The minimum absolute atomic E-state index is 0.279. The highest BCUT2D eigenvalue weighted by molar-refractivity contribution is 5.86. The lowest BCUT2D eigenvalue weighted by molar-refractivity contribution is -0.253. The van der Waals surface area contributed by atoms with Gasteiger partial charge in [-0.2, -0.15) is 22.0 Å². The van der Waals surface area contributed by atoms with Gasteiger partial charge >= 0.3 is 18.1 Å². The molecule has 94 valence electrons. The van der Waals surface area contributed by atoms with E-state index in [1.165, 1.54) is 0 Å². The number of ether oxygens (including phenoxy) is 1. The minimum atomic E-state index is -5.71. The maximum absolute atomic E-state index is 12.5. The number of halogens is 6. The topological polar surface area (TPSA) is 26.3 Å². The van der Waals surface area contributed by atoms with Crippen molar-refractivity contribution in [1.29, 1.82) is 0 Å². The number of alkyl halides is 6. The quantitative estimate of drug-likeness (QED) is 0.435. The Balaban J connectivity index is 4.47. The van der Waals surface area contributed by atoms with Gasteiger partial charge in [0.1, 0.15) is 0 Å². The van der Waals surface area contributed by atoms with E-state index in [0.717, 1.165) is 6.92 Å². The van der Waals surface area contributed by atoms with Gasteiger partial charge in [-0.15, -0.1) is 0 Å². The molecule has 0 aliphatic heterocycles. The zero-order valence-corrected chi connectivity index (χ0v) is 8.08. The summed E-state index contributed by atoms with van der Waals surface area (Å²) in [6.07, 6.45) is -10.1. The van der Waals surface area contributed by atoms with Crippen molar-refractivity contribution in [3.8, 4) is 0 Å². The first-order valence-electron chi connectivity index (χ1n) is 3.89. The van der Waals surface area contributed by atoms with E-state index in [4.69, 9.17) is 0 Å². The predicted molar refractivity (Wildman–Crippen MR) is 41.7 cm³/mol. The molecule has 0 heterocycles. The third-order valence-corrected chi connectivity index (χ3v) is 1.40.